The minimum Gasteiger partial charge on any atom is -0.284 e. The summed E-state index contributed by atoms with van der Waals surface area (Å²) < 4.78 is 24.0. The molecular formula is C6H9NO2S. The lowest BCUT2D eigenvalue weighted by Gasteiger charge is -2.08. The first-order chi connectivity index (χ1) is 4.64. The molecule has 0 aliphatic carbocycles. The molecule has 56 valence electrons. The average Bonchev–Trinajstić information content (AvgIpc) is 1.86. The van der Waals surface area contributed by atoms with Gasteiger partial charge in [0.1, 0.15) is 0 Å². The van der Waals surface area contributed by atoms with Crippen molar-refractivity contribution in [2.75, 3.05) is 0 Å². The minimum absolute atomic E-state index is 0.712. The maximum atomic E-state index is 10.8. The Morgan fingerprint density at radius 2 is 2.30 bits per heavy atom. The zero-order valence-corrected chi connectivity index (χ0v) is 6.48. The molecule has 0 saturated carbocycles. The second kappa shape index (κ2) is 2.46. The van der Waals surface area contributed by atoms with Gasteiger partial charge in [0, 0.05) is 5.70 Å². The van der Waals surface area contributed by atoms with Gasteiger partial charge in [0.25, 0.3) is 10.0 Å². The predicted molar refractivity (Wildman–Crippen MR) is 39.6 cm³/mol. The molecule has 1 aliphatic rings. The Morgan fingerprint density at radius 3 is 2.70 bits per heavy atom. The minimum atomic E-state index is -3.14. The van der Waals surface area contributed by atoms with Crippen LogP contribution in [-0.2, 0) is 10.0 Å². The van der Waals surface area contributed by atoms with Crippen LogP contribution in [0.25, 0.3) is 0 Å². The lowest BCUT2D eigenvalue weighted by atomic mass is 10.3. The summed E-state index contributed by atoms with van der Waals surface area (Å²) in [7, 11) is -3.14. The summed E-state index contributed by atoms with van der Waals surface area (Å²) in [6.45, 7) is 1.90. The van der Waals surface area contributed by atoms with Crippen LogP contribution in [0.5, 0.6) is 0 Å². The summed E-state index contributed by atoms with van der Waals surface area (Å²) in [5, 5.41) is 1.14. The molecule has 0 radical (unpaired) electrons. The third-order valence-corrected chi connectivity index (χ3v) is 2.27. The zero-order valence-electron chi connectivity index (χ0n) is 5.66. The van der Waals surface area contributed by atoms with E-state index in [1.807, 2.05) is 6.92 Å². The quantitative estimate of drug-likeness (QED) is 0.613. The third kappa shape index (κ3) is 1.60. The van der Waals surface area contributed by atoms with E-state index in [9.17, 15) is 8.42 Å². The van der Waals surface area contributed by atoms with Crippen molar-refractivity contribution in [3.63, 3.8) is 0 Å². The second-order valence-electron chi connectivity index (χ2n) is 2.02. The molecule has 0 fully saturated rings. The fourth-order valence-corrected chi connectivity index (χ4v) is 1.63. The van der Waals surface area contributed by atoms with Gasteiger partial charge in [-0.2, -0.15) is 0 Å². The Kier molecular flexibility index (Phi) is 1.80. The van der Waals surface area contributed by atoms with Gasteiger partial charge in [-0.1, -0.05) is 6.92 Å². The highest BCUT2D eigenvalue weighted by Gasteiger charge is 2.08. The van der Waals surface area contributed by atoms with Gasteiger partial charge < -0.3 is 0 Å². The van der Waals surface area contributed by atoms with E-state index in [2.05, 4.69) is 4.72 Å². The average molecular weight is 159 g/mol. The van der Waals surface area contributed by atoms with E-state index in [-0.39, 0.29) is 0 Å². The maximum Gasteiger partial charge on any atom is 0.254 e. The summed E-state index contributed by atoms with van der Waals surface area (Å²) >= 11 is 0. The van der Waals surface area contributed by atoms with Gasteiger partial charge in [-0.3, -0.25) is 4.72 Å². The largest absolute Gasteiger partial charge is 0.284 e. The van der Waals surface area contributed by atoms with Crippen LogP contribution in [-0.4, -0.2) is 8.42 Å². The van der Waals surface area contributed by atoms with E-state index in [1.165, 1.54) is 6.08 Å². The van der Waals surface area contributed by atoms with Crippen LogP contribution in [0.3, 0.4) is 0 Å². The molecule has 0 bridgehead atoms. The first-order valence-corrected chi connectivity index (χ1v) is 4.59. The van der Waals surface area contributed by atoms with Crippen LogP contribution < -0.4 is 4.72 Å². The Labute approximate surface area is 60.5 Å². The summed E-state index contributed by atoms with van der Waals surface area (Å²) in [6.07, 6.45) is 4.00. The monoisotopic (exact) mass is 159 g/mol. The van der Waals surface area contributed by atoms with Crippen LogP contribution in [0.4, 0.5) is 0 Å². The fourth-order valence-electron chi connectivity index (χ4n) is 0.700. The first kappa shape index (κ1) is 7.34. The van der Waals surface area contributed by atoms with Crippen molar-refractivity contribution in [3.05, 3.63) is 23.3 Å². The molecule has 1 heterocycles. The SMILES string of the molecule is CCC1=CC=CS(=O)(=O)N1. The van der Waals surface area contributed by atoms with E-state index in [0.717, 1.165) is 11.1 Å². The van der Waals surface area contributed by atoms with E-state index < -0.39 is 10.0 Å². The van der Waals surface area contributed by atoms with E-state index in [0.29, 0.717) is 6.42 Å². The van der Waals surface area contributed by atoms with E-state index in [4.69, 9.17) is 0 Å². The highest BCUT2D eigenvalue weighted by atomic mass is 32.2. The predicted octanol–water partition coefficient (Wildman–Crippen LogP) is 0.727. The molecule has 1 N–H and O–H groups in total. The lowest BCUT2D eigenvalue weighted by molar-refractivity contribution is 0.596. The highest BCUT2D eigenvalue weighted by molar-refractivity contribution is 7.92. The van der Waals surface area contributed by atoms with Crippen molar-refractivity contribution in [2.24, 2.45) is 0 Å². The lowest BCUT2D eigenvalue weighted by Crippen LogP contribution is -2.22. The van der Waals surface area contributed by atoms with Crippen LogP contribution in [0.1, 0.15) is 13.3 Å². The number of nitrogens with one attached hydrogen (secondary N) is 1. The van der Waals surface area contributed by atoms with Crippen LogP contribution in [0.15, 0.2) is 23.3 Å². The molecular weight excluding hydrogens is 150 g/mol. The normalized spacial score (nSPS) is 21.5. The van der Waals surface area contributed by atoms with Crippen molar-refractivity contribution in [1.29, 1.82) is 0 Å². The fraction of sp³-hybridized carbons (Fsp3) is 0.333. The molecule has 0 unspecified atom stereocenters. The molecule has 0 aromatic rings. The number of allylic oxidation sites excluding steroid dienone is 3. The molecule has 1 aliphatic heterocycles. The third-order valence-electron chi connectivity index (χ3n) is 1.21. The van der Waals surface area contributed by atoms with Gasteiger partial charge in [-0.25, -0.2) is 8.42 Å². The van der Waals surface area contributed by atoms with Gasteiger partial charge in [0.15, 0.2) is 0 Å². The number of sulfonamides is 1. The molecule has 0 amide bonds. The van der Waals surface area contributed by atoms with E-state index >= 15 is 0 Å². The molecule has 0 aromatic carbocycles. The summed E-state index contributed by atoms with van der Waals surface area (Å²) in [5.41, 5.74) is 0.738. The second-order valence-corrected chi connectivity index (χ2v) is 3.59. The van der Waals surface area contributed by atoms with Gasteiger partial charge in [-0.15, -0.1) is 0 Å². The van der Waals surface area contributed by atoms with Crippen LogP contribution >= 0.6 is 0 Å². The smallest absolute Gasteiger partial charge is 0.254 e. The zero-order chi connectivity index (χ0) is 7.61. The Morgan fingerprint density at radius 1 is 1.60 bits per heavy atom. The van der Waals surface area contributed by atoms with Crippen molar-refractivity contribution >= 4 is 10.0 Å². The molecule has 1 rings (SSSR count). The standard InChI is InChI=1S/C6H9NO2S/c1-2-6-4-3-5-10(8,9)7-6/h3-5,7H,2H2,1H3. The maximum absolute atomic E-state index is 10.8. The summed E-state index contributed by atoms with van der Waals surface area (Å²) in [6, 6.07) is 0. The Balaban J connectivity index is 2.88. The first-order valence-electron chi connectivity index (χ1n) is 3.04. The van der Waals surface area contributed by atoms with Crippen LogP contribution in [0, 0.1) is 0 Å². The Bertz CT molecular complexity index is 274. The van der Waals surface area contributed by atoms with E-state index in [1.54, 1.807) is 6.08 Å². The van der Waals surface area contributed by atoms with Gasteiger partial charge in [0.05, 0.1) is 5.41 Å². The Hall–Kier alpha value is -0.770. The van der Waals surface area contributed by atoms with Crippen molar-refractivity contribution in [3.8, 4) is 0 Å². The van der Waals surface area contributed by atoms with Gasteiger partial charge in [0.2, 0.25) is 0 Å². The number of hydrogen-bond donors (Lipinski definition) is 1. The molecule has 0 aromatic heterocycles. The van der Waals surface area contributed by atoms with Gasteiger partial charge >= 0.3 is 0 Å². The molecule has 3 nitrogen and oxygen atoms in total. The van der Waals surface area contributed by atoms with Crippen LogP contribution in [0.2, 0.25) is 0 Å². The highest BCUT2D eigenvalue weighted by Crippen LogP contribution is 2.05. The number of hydrogen-bond acceptors (Lipinski definition) is 2. The van der Waals surface area contributed by atoms with Gasteiger partial charge in [-0.05, 0) is 18.6 Å². The summed E-state index contributed by atoms with van der Waals surface area (Å²) in [5.74, 6) is 0. The molecule has 0 atom stereocenters. The van der Waals surface area contributed by atoms with Crippen molar-refractivity contribution < 1.29 is 8.42 Å². The molecule has 0 spiro atoms. The molecule has 10 heavy (non-hydrogen) atoms. The molecule has 4 heteroatoms. The summed E-state index contributed by atoms with van der Waals surface area (Å²) in [4.78, 5) is 0. The van der Waals surface area contributed by atoms with Crippen molar-refractivity contribution in [1.82, 2.24) is 4.72 Å². The topological polar surface area (TPSA) is 46.2 Å². The van der Waals surface area contributed by atoms with Crippen molar-refractivity contribution in [2.45, 2.75) is 13.3 Å². The molecule has 0 saturated heterocycles. The number of rotatable bonds is 1.